The summed E-state index contributed by atoms with van der Waals surface area (Å²) in [5.41, 5.74) is 7.45. The predicted octanol–water partition coefficient (Wildman–Crippen LogP) is -1.58. The number of amides is 2. The van der Waals surface area contributed by atoms with Gasteiger partial charge in [0.05, 0.1) is 18.7 Å². The number of carbonyl (C=O) groups is 3. The molecule has 0 aromatic carbocycles. The van der Waals surface area contributed by atoms with E-state index in [2.05, 4.69) is 15.3 Å². The standard InChI is InChI=1S/C16H20N6O4S/c17-11-14(24)22-12(16(25)26)10(7-27-15(11)22)6-20-5-9(4-18-8-23)13-19-2-1-3-21(13)20/h5,8,11,15H,1-4,6-7,17H2,(H2,18,23,25,26)/p+1/t11-,15-/m1/s1. The minimum Gasteiger partial charge on any atom is -0.477 e. The van der Waals surface area contributed by atoms with Gasteiger partial charge in [0.2, 0.25) is 18.5 Å². The van der Waals surface area contributed by atoms with Crippen molar-refractivity contribution in [1.29, 1.82) is 0 Å². The van der Waals surface area contributed by atoms with Gasteiger partial charge in [0, 0.05) is 17.9 Å². The Kier molecular flexibility index (Phi) is 4.56. The molecule has 1 aromatic rings. The van der Waals surface area contributed by atoms with E-state index in [9.17, 15) is 19.5 Å². The first-order valence-electron chi connectivity index (χ1n) is 8.71. The molecule has 4 heterocycles. The average Bonchev–Trinajstić information content (AvgIpc) is 3.02. The number of hydrogen-bond acceptors (Lipinski definition) is 6. The van der Waals surface area contributed by atoms with Crippen LogP contribution in [0.25, 0.3) is 0 Å². The van der Waals surface area contributed by atoms with E-state index in [-0.39, 0.29) is 17.0 Å². The first-order chi connectivity index (χ1) is 13.0. The van der Waals surface area contributed by atoms with Crippen LogP contribution in [0, 0.1) is 0 Å². The van der Waals surface area contributed by atoms with E-state index in [1.54, 1.807) is 0 Å². The lowest BCUT2D eigenvalue weighted by Crippen LogP contribution is -2.68. The quantitative estimate of drug-likeness (QED) is 0.260. The fraction of sp³-hybridized carbons (Fsp3) is 0.500. The van der Waals surface area contributed by atoms with Crippen LogP contribution < -0.4 is 21.0 Å². The maximum Gasteiger partial charge on any atom is 0.352 e. The fourth-order valence-electron chi connectivity index (χ4n) is 3.79. The van der Waals surface area contributed by atoms with E-state index in [1.807, 2.05) is 10.9 Å². The third-order valence-corrected chi connectivity index (χ3v) is 6.40. The molecule has 3 aliphatic rings. The molecule has 10 nitrogen and oxygen atoms in total. The number of nitrogens with zero attached hydrogens (tertiary/aromatic N) is 3. The van der Waals surface area contributed by atoms with Crippen molar-refractivity contribution in [2.75, 3.05) is 17.6 Å². The van der Waals surface area contributed by atoms with Crippen LogP contribution in [0.1, 0.15) is 12.0 Å². The van der Waals surface area contributed by atoms with E-state index in [0.29, 0.717) is 30.8 Å². The molecule has 1 fully saturated rings. The maximum absolute atomic E-state index is 12.1. The Morgan fingerprint density at radius 2 is 2.37 bits per heavy atom. The molecule has 0 bridgehead atoms. The van der Waals surface area contributed by atoms with Crippen molar-refractivity contribution in [3.8, 4) is 0 Å². The Balaban J connectivity index is 1.68. The van der Waals surface area contributed by atoms with Crippen LogP contribution in [0.4, 0.5) is 5.82 Å². The van der Waals surface area contributed by atoms with Crippen molar-refractivity contribution in [2.24, 2.45) is 5.73 Å². The minimum atomic E-state index is -1.11. The van der Waals surface area contributed by atoms with Crippen molar-refractivity contribution in [2.45, 2.75) is 37.5 Å². The molecule has 27 heavy (non-hydrogen) atoms. The number of hydrogen-bond donors (Lipinski definition) is 4. The molecule has 0 radical (unpaired) electrons. The van der Waals surface area contributed by atoms with E-state index in [1.165, 1.54) is 16.7 Å². The second-order valence-electron chi connectivity index (χ2n) is 6.70. The van der Waals surface area contributed by atoms with Gasteiger partial charge < -0.3 is 21.5 Å². The number of fused-ring (bicyclic) bond motifs is 2. The average molecular weight is 393 g/mol. The molecule has 2 atom stereocenters. The third-order valence-electron chi connectivity index (χ3n) is 5.04. The van der Waals surface area contributed by atoms with Crippen molar-refractivity contribution >= 4 is 35.9 Å². The Bertz CT molecular complexity index is 850. The van der Waals surface area contributed by atoms with Gasteiger partial charge in [0.15, 0.2) is 12.4 Å². The largest absolute Gasteiger partial charge is 0.477 e. The van der Waals surface area contributed by atoms with Gasteiger partial charge in [-0.1, -0.05) is 0 Å². The Morgan fingerprint density at radius 1 is 1.56 bits per heavy atom. The van der Waals surface area contributed by atoms with Gasteiger partial charge in [-0.15, -0.1) is 21.1 Å². The van der Waals surface area contributed by atoms with E-state index < -0.39 is 12.0 Å². The number of β-lactam (4-membered cyclic amide) rings is 1. The molecule has 0 spiro atoms. The zero-order valence-electron chi connectivity index (χ0n) is 14.6. The highest BCUT2D eigenvalue weighted by molar-refractivity contribution is 8.00. The number of aromatic nitrogens is 2. The predicted molar refractivity (Wildman–Crippen MR) is 96.4 cm³/mol. The van der Waals surface area contributed by atoms with Gasteiger partial charge in [0.25, 0.3) is 0 Å². The summed E-state index contributed by atoms with van der Waals surface area (Å²) in [7, 11) is 0. The molecular weight excluding hydrogens is 372 g/mol. The number of anilines is 1. The second kappa shape index (κ2) is 6.89. The zero-order valence-corrected chi connectivity index (χ0v) is 15.4. The highest BCUT2D eigenvalue weighted by Crippen LogP contribution is 2.39. The van der Waals surface area contributed by atoms with Crippen molar-refractivity contribution in [1.82, 2.24) is 14.9 Å². The number of nitrogens with two attached hydrogens (primary N) is 1. The summed E-state index contributed by atoms with van der Waals surface area (Å²) >= 11 is 1.49. The highest BCUT2D eigenvalue weighted by atomic mass is 32.2. The lowest BCUT2D eigenvalue weighted by atomic mass is 10.0. The smallest absolute Gasteiger partial charge is 0.352 e. The minimum absolute atomic E-state index is 0.0461. The van der Waals surface area contributed by atoms with Gasteiger partial charge in [0.1, 0.15) is 17.1 Å². The summed E-state index contributed by atoms with van der Waals surface area (Å²) in [6, 6.07) is -0.634. The van der Waals surface area contributed by atoms with E-state index in [0.717, 1.165) is 30.9 Å². The Labute approximate surface area is 159 Å². The molecule has 3 aliphatic heterocycles. The molecule has 144 valence electrons. The summed E-state index contributed by atoms with van der Waals surface area (Å²) < 4.78 is 4.00. The number of carboxylic acid groups (broad SMARTS) is 1. The number of nitrogens with one attached hydrogen (secondary N) is 2. The number of thioether (sulfide) groups is 1. The monoisotopic (exact) mass is 393 g/mol. The third kappa shape index (κ3) is 2.86. The lowest BCUT2D eigenvalue weighted by molar-refractivity contribution is -0.768. The van der Waals surface area contributed by atoms with Gasteiger partial charge in [-0.25, -0.2) is 4.79 Å². The van der Waals surface area contributed by atoms with Crippen LogP contribution in [0.3, 0.4) is 0 Å². The molecule has 11 heteroatoms. The molecule has 4 rings (SSSR count). The van der Waals surface area contributed by atoms with Crippen molar-refractivity contribution in [3.05, 3.63) is 23.0 Å². The molecule has 0 aliphatic carbocycles. The zero-order chi connectivity index (χ0) is 19.1. The number of rotatable bonds is 6. The molecule has 5 N–H and O–H groups in total. The van der Waals surface area contributed by atoms with Gasteiger partial charge in [-0.2, -0.15) is 0 Å². The van der Waals surface area contributed by atoms with Gasteiger partial charge >= 0.3 is 5.97 Å². The summed E-state index contributed by atoms with van der Waals surface area (Å²) in [6.45, 7) is 2.39. The molecule has 1 aromatic heterocycles. The first-order valence-corrected chi connectivity index (χ1v) is 9.76. The second-order valence-corrected chi connectivity index (χ2v) is 7.80. The maximum atomic E-state index is 12.1. The summed E-state index contributed by atoms with van der Waals surface area (Å²) in [4.78, 5) is 35.9. The SMILES string of the molecule is N[C@@H]1C(=O)N2C(C(=O)O)=C(C[n+]3cc(CNC=O)c4n3CCCN4)CS[C@H]12. The van der Waals surface area contributed by atoms with Crippen LogP contribution in [-0.4, -0.2) is 56.7 Å². The van der Waals surface area contributed by atoms with Crippen LogP contribution >= 0.6 is 11.8 Å². The summed E-state index contributed by atoms with van der Waals surface area (Å²) in [6.07, 6.45) is 3.51. The fourth-order valence-corrected chi connectivity index (χ4v) is 5.08. The molecule has 1 saturated heterocycles. The van der Waals surface area contributed by atoms with Crippen LogP contribution in [0.15, 0.2) is 17.5 Å². The van der Waals surface area contributed by atoms with Gasteiger partial charge in [-0.3, -0.25) is 14.5 Å². The first kappa shape index (κ1) is 17.9. The van der Waals surface area contributed by atoms with Crippen LogP contribution in [0.5, 0.6) is 0 Å². The van der Waals surface area contributed by atoms with Crippen molar-refractivity contribution < 1.29 is 24.2 Å². The highest BCUT2D eigenvalue weighted by Gasteiger charge is 2.52. The normalized spacial score (nSPS) is 23.9. The lowest BCUT2D eigenvalue weighted by Gasteiger charge is -2.47. The number of carboxylic acids is 1. The number of aliphatic carboxylic acids is 1. The number of carbonyl (C=O) groups excluding carboxylic acids is 2. The van der Waals surface area contributed by atoms with Crippen molar-refractivity contribution in [3.63, 3.8) is 0 Å². The topological polar surface area (TPSA) is 134 Å². The van der Waals surface area contributed by atoms with Crippen LogP contribution in [-0.2, 0) is 34.0 Å². The molecule has 2 amide bonds. The summed E-state index contributed by atoms with van der Waals surface area (Å²) in [5.74, 6) is -0.0204. The molecule has 0 saturated carbocycles. The molecular formula is C16H21N6O4S+. The van der Waals surface area contributed by atoms with E-state index >= 15 is 0 Å². The Hall–Kier alpha value is -2.53. The summed E-state index contributed by atoms with van der Waals surface area (Å²) in [5, 5.41) is 15.4. The molecule has 0 unspecified atom stereocenters. The Morgan fingerprint density at radius 3 is 3.11 bits per heavy atom. The van der Waals surface area contributed by atoms with E-state index in [4.69, 9.17) is 5.73 Å². The van der Waals surface area contributed by atoms with Crippen LogP contribution in [0.2, 0.25) is 0 Å². The van der Waals surface area contributed by atoms with Gasteiger partial charge in [-0.05, 0) is 6.42 Å².